The molecule has 1 heterocycles. The van der Waals surface area contributed by atoms with E-state index >= 15 is 0 Å². The fraction of sp³-hybridized carbons (Fsp3) is 0.600. The minimum Gasteiger partial charge on any atom is -0.371 e. The van der Waals surface area contributed by atoms with Crippen molar-refractivity contribution >= 4 is 11.5 Å². The Balaban J connectivity index is 2.63. The van der Waals surface area contributed by atoms with Crippen molar-refractivity contribution in [3.05, 3.63) is 24.0 Å². The van der Waals surface area contributed by atoms with Crippen molar-refractivity contribution in [3.63, 3.8) is 0 Å². The highest BCUT2D eigenvalue weighted by atomic mass is 16.1. The molecule has 19 heavy (non-hydrogen) atoms. The molecule has 0 aromatic carbocycles. The molecule has 0 spiro atoms. The molecule has 0 fully saturated rings. The van der Waals surface area contributed by atoms with Gasteiger partial charge in [0.15, 0.2) is 5.78 Å². The molecule has 0 N–H and O–H groups in total. The first kappa shape index (κ1) is 15.6. The van der Waals surface area contributed by atoms with Gasteiger partial charge in [-0.15, -0.1) is 0 Å². The Hall–Kier alpha value is -1.42. The van der Waals surface area contributed by atoms with Gasteiger partial charge in [0.2, 0.25) is 0 Å². The molecule has 0 bridgehead atoms. The third-order valence-electron chi connectivity index (χ3n) is 3.13. The van der Waals surface area contributed by atoms with E-state index in [-0.39, 0.29) is 5.78 Å². The molecule has 0 aliphatic rings. The summed E-state index contributed by atoms with van der Waals surface area (Å²) < 4.78 is 0. The first-order chi connectivity index (χ1) is 9.08. The Morgan fingerprint density at radius 1 is 1.21 bits per heavy atom. The van der Waals surface area contributed by atoms with E-state index in [4.69, 9.17) is 0 Å². The highest BCUT2D eigenvalue weighted by Crippen LogP contribution is 2.14. The summed E-state index contributed by atoms with van der Waals surface area (Å²) in [5.74, 6) is 0.0993. The number of hydrogen-bond donors (Lipinski definition) is 0. The van der Waals surface area contributed by atoms with Gasteiger partial charge in [-0.05, 0) is 46.1 Å². The summed E-state index contributed by atoms with van der Waals surface area (Å²) in [6, 6.07) is 3.82. The van der Waals surface area contributed by atoms with Gasteiger partial charge in [0.05, 0.1) is 11.9 Å². The van der Waals surface area contributed by atoms with Crippen LogP contribution in [-0.4, -0.2) is 49.4 Å². The maximum Gasteiger partial charge on any atom is 0.180 e. The Morgan fingerprint density at radius 3 is 2.42 bits per heavy atom. The minimum atomic E-state index is 0.0993. The Labute approximate surface area is 116 Å². The van der Waals surface area contributed by atoms with Crippen molar-refractivity contribution in [1.29, 1.82) is 0 Å². The average molecular weight is 263 g/mol. The van der Waals surface area contributed by atoms with Gasteiger partial charge in [-0.25, -0.2) is 0 Å². The second kappa shape index (κ2) is 7.89. The average Bonchev–Trinajstić information content (AvgIpc) is 2.43. The van der Waals surface area contributed by atoms with Crippen LogP contribution in [0.1, 0.15) is 37.2 Å². The molecule has 1 aromatic heterocycles. The van der Waals surface area contributed by atoms with E-state index in [1.165, 1.54) is 0 Å². The molecule has 0 atom stereocenters. The van der Waals surface area contributed by atoms with Crippen LogP contribution in [0.3, 0.4) is 0 Å². The predicted octanol–water partition coefficient (Wildman–Crippen LogP) is 2.45. The molecule has 1 aromatic rings. The molecule has 0 unspecified atom stereocenters. The number of hydrogen-bond acceptors (Lipinski definition) is 4. The standard InChI is InChI=1S/C15H25N3O/c1-5-15(19)14-9-8-13(12-16-14)18(6-2)11-7-10-17(3)4/h8-9,12H,5-7,10-11H2,1-4H3. The van der Waals surface area contributed by atoms with Gasteiger partial charge < -0.3 is 9.80 Å². The summed E-state index contributed by atoms with van der Waals surface area (Å²) in [6.45, 7) is 7.04. The normalized spacial score (nSPS) is 10.8. The van der Waals surface area contributed by atoms with Crippen LogP contribution in [-0.2, 0) is 0 Å². The van der Waals surface area contributed by atoms with E-state index < -0.39 is 0 Å². The van der Waals surface area contributed by atoms with Crippen LogP contribution >= 0.6 is 0 Å². The van der Waals surface area contributed by atoms with E-state index in [1.54, 1.807) is 0 Å². The highest BCUT2D eigenvalue weighted by Gasteiger charge is 2.08. The molecular formula is C15H25N3O. The lowest BCUT2D eigenvalue weighted by Gasteiger charge is -2.23. The maximum atomic E-state index is 11.5. The largest absolute Gasteiger partial charge is 0.371 e. The van der Waals surface area contributed by atoms with Crippen molar-refractivity contribution in [2.24, 2.45) is 0 Å². The van der Waals surface area contributed by atoms with Crippen molar-refractivity contribution in [2.45, 2.75) is 26.7 Å². The van der Waals surface area contributed by atoms with Crippen molar-refractivity contribution in [2.75, 3.05) is 38.6 Å². The van der Waals surface area contributed by atoms with Crippen LogP contribution in [0.25, 0.3) is 0 Å². The van der Waals surface area contributed by atoms with E-state index in [9.17, 15) is 4.79 Å². The SMILES string of the molecule is CCC(=O)c1ccc(N(CC)CCCN(C)C)cn1. The molecule has 0 aliphatic carbocycles. The molecule has 0 saturated carbocycles. The molecular weight excluding hydrogens is 238 g/mol. The highest BCUT2D eigenvalue weighted by molar-refractivity contribution is 5.94. The molecule has 0 radical (unpaired) electrons. The topological polar surface area (TPSA) is 36.4 Å². The van der Waals surface area contributed by atoms with E-state index in [1.807, 2.05) is 25.3 Å². The molecule has 0 aliphatic heterocycles. The lowest BCUT2D eigenvalue weighted by molar-refractivity contribution is 0.0983. The number of anilines is 1. The van der Waals surface area contributed by atoms with E-state index in [0.717, 1.165) is 31.7 Å². The van der Waals surface area contributed by atoms with Gasteiger partial charge >= 0.3 is 0 Å². The monoisotopic (exact) mass is 263 g/mol. The van der Waals surface area contributed by atoms with Crippen molar-refractivity contribution in [1.82, 2.24) is 9.88 Å². The maximum absolute atomic E-state index is 11.5. The fourth-order valence-electron chi connectivity index (χ4n) is 1.97. The number of nitrogens with zero attached hydrogens (tertiary/aromatic N) is 3. The fourth-order valence-corrected chi connectivity index (χ4v) is 1.97. The predicted molar refractivity (Wildman–Crippen MR) is 79.9 cm³/mol. The first-order valence-electron chi connectivity index (χ1n) is 6.97. The summed E-state index contributed by atoms with van der Waals surface area (Å²) in [4.78, 5) is 20.3. The first-order valence-corrected chi connectivity index (χ1v) is 6.97. The molecule has 4 heteroatoms. The quantitative estimate of drug-likeness (QED) is 0.675. The third-order valence-corrected chi connectivity index (χ3v) is 3.13. The van der Waals surface area contributed by atoms with Crippen LogP contribution in [0.4, 0.5) is 5.69 Å². The number of aromatic nitrogens is 1. The minimum absolute atomic E-state index is 0.0993. The number of rotatable bonds is 8. The zero-order chi connectivity index (χ0) is 14.3. The second-order valence-electron chi connectivity index (χ2n) is 4.91. The second-order valence-corrected chi connectivity index (χ2v) is 4.91. The number of carbonyl (C=O) groups excluding carboxylic acids is 1. The lowest BCUT2D eigenvalue weighted by atomic mass is 10.2. The van der Waals surface area contributed by atoms with Gasteiger partial charge in [0, 0.05) is 19.5 Å². The Bertz CT molecular complexity index is 387. The van der Waals surface area contributed by atoms with Crippen LogP contribution in [0, 0.1) is 0 Å². The van der Waals surface area contributed by atoms with E-state index in [2.05, 4.69) is 35.8 Å². The van der Waals surface area contributed by atoms with Crippen LogP contribution in [0.2, 0.25) is 0 Å². The third kappa shape index (κ3) is 4.99. The molecule has 4 nitrogen and oxygen atoms in total. The summed E-state index contributed by atoms with van der Waals surface area (Å²) in [5, 5.41) is 0. The molecule has 0 saturated heterocycles. The molecule has 0 amide bonds. The van der Waals surface area contributed by atoms with Crippen molar-refractivity contribution in [3.8, 4) is 0 Å². The smallest absolute Gasteiger partial charge is 0.180 e. The van der Waals surface area contributed by atoms with Gasteiger partial charge in [0.25, 0.3) is 0 Å². The Kier molecular flexibility index (Phi) is 6.50. The van der Waals surface area contributed by atoms with Gasteiger partial charge in [0.1, 0.15) is 5.69 Å². The Morgan fingerprint density at radius 2 is 1.95 bits per heavy atom. The van der Waals surface area contributed by atoms with Gasteiger partial charge in [-0.3, -0.25) is 9.78 Å². The number of carbonyl (C=O) groups is 1. The van der Waals surface area contributed by atoms with Crippen molar-refractivity contribution < 1.29 is 4.79 Å². The van der Waals surface area contributed by atoms with Gasteiger partial charge in [-0.2, -0.15) is 0 Å². The molecule has 1 rings (SSSR count). The zero-order valence-electron chi connectivity index (χ0n) is 12.5. The zero-order valence-corrected chi connectivity index (χ0v) is 12.5. The number of Topliss-reactive ketones (excluding diaryl/α,β-unsaturated/α-hetero) is 1. The number of pyridine rings is 1. The lowest BCUT2D eigenvalue weighted by Crippen LogP contribution is -2.27. The van der Waals surface area contributed by atoms with Crippen LogP contribution < -0.4 is 4.90 Å². The summed E-state index contributed by atoms with van der Waals surface area (Å²) in [7, 11) is 4.17. The van der Waals surface area contributed by atoms with E-state index in [0.29, 0.717) is 12.1 Å². The van der Waals surface area contributed by atoms with Gasteiger partial charge in [-0.1, -0.05) is 6.92 Å². The molecule has 106 valence electrons. The van der Waals surface area contributed by atoms with Crippen LogP contribution in [0.15, 0.2) is 18.3 Å². The summed E-state index contributed by atoms with van der Waals surface area (Å²) >= 11 is 0. The number of ketones is 1. The van der Waals surface area contributed by atoms with Crippen LogP contribution in [0.5, 0.6) is 0 Å². The summed E-state index contributed by atoms with van der Waals surface area (Å²) in [6.07, 6.45) is 3.44. The summed E-state index contributed by atoms with van der Waals surface area (Å²) in [5.41, 5.74) is 1.66.